The molecule has 4 heteroatoms. The third kappa shape index (κ3) is 4.62. The minimum atomic E-state index is 0.248. The quantitative estimate of drug-likeness (QED) is 0.788. The number of thioether (sulfide) groups is 1. The first-order valence-electron chi connectivity index (χ1n) is 5.78. The molecule has 2 N–H and O–H groups in total. The summed E-state index contributed by atoms with van der Waals surface area (Å²) in [4.78, 5) is 1.28. The topological polar surface area (TPSA) is 32.3 Å². The fourth-order valence-electron chi connectivity index (χ4n) is 1.43. The summed E-state index contributed by atoms with van der Waals surface area (Å²) in [5.74, 6) is 1.27. The highest BCUT2D eigenvalue weighted by molar-refractivity contribution is 9.10. The second-order valence-corrected chi connectivity index (χ2v) is 6.27. The van der Waals surface area contributed by atoms with E-state index in [0.717, 1.165) is 10.2 Å². The standard InChI is InChI=1S/C13H20BrNOS/c1-9(7-16)8-17-13-6-11(14)4-5-12(13)10(2)15-3/h4-6,9-10,15-16H,7-8H2,1-3H3. The highest BCUT2D eigenvalue weighted by atomic mass is 79.9. The number of benzene rings is 1. The lowest BCUT2D eigenvalue weighted by Crippen LogP contribution is -2.13. The van der Waals surface area contributed by atoms with Gasteiger partial charge in [0.2, 0.25) is 0 Å². The number of nitrogens with one attached hydrogen (secondary N) is 1. The fraction of sp³-hybridized carbons (Fsp3) is 0.538. The predicted octanol–water partition coefficient (Wildman–Crippen LogP) is 3.45. The van der Waals surface area contributed by atoms with Gasteiger partial charge in [-0.05, 0) is 37.6 Å². The van der Waals surface area contributed by atoms with Gasteiger partial charge in [-0.3, -0.25) is 0 Å². The molecule has 17 heavy (non-hydrogen) atoms. The van der Waals surface area contributed by atoms with Crippen molar-refractivity contribution in [1.29, 1.82) is 0 Å². The summed E-state index contributed by atoms with van der Waals surface area (Å²) < 4.78 is 1.10. The number of aliphatic hydroxyl groups is 1. The molecule has 0 aliphatic heterocycles. The summed E-state index contributed by atoms with van der Waals surface area (Å²) in [5, 5.41) is 12.3. The maximum Gasteiger partial charge on any atom is 0.0464 e. The molecule has 0 fully saturated rings. The van der Waals surface area contributed by atoms with Gasteiger partial charge in [-0.15, -0.1) is 11.8 Å². The van der Waals surface area contributed by atoms with Crippen LogP contribution in [0.5, 0.6) is 0 Å². The molecule has 0 aliphatic carbocycles. The Labute approximate surface area is 116 Å². The molecule has 0 spiro atoms. The van der Waals surface area contributed by atoms with E-state index in [-0.39, 0.29) is 6.61 Å². The third-order valence-electron chi connectivity index (χ3n) is 2.71. The highest BCUT2D eigenvalue weighted by Crippen LogP contribution is 2.31. The molecule has 0 aliphatic rings. The van der Waals surface area contributed by atoms with E-state index in [0.29, 0.717) is 12.0 Å². The summed E-state index contributed by atoms with van der Waals surface area (Å²) in [7, 11) is 1.97. The molecular formula is C13H20BrNOS. The van der Waals surface area contributed by atoms with Crippen molar-refractivity contribution in [3.05, 3.63) is 28.2 Å². The van der Waals surface area contributed by atoms with Crippen LogP contribution in [0.15, 0.2) is 27.6 Å². The average molecular weight is 318 g/mol. The van der Waals surface area contributed by atoms with Crippen molar-refractivity contribution in [1.82, 2.24) is 5.32 Å². The monoisotopic (exact) mass is 317 g/mol. The minimum Gasteiger partial charge on any atom is -0.396 e. The molecule has 2 atom stereocenters. The Balaban J connectivity index is 2.83. The van der Waals surface area contributed by atoms with E-state index >= 15 is 0 Å². The summed E-state index contributed by atoms with van der Waals surface area (Å²) in [5.41, 5.74) is 1.31. The lowest BCUT2D eigenvalue weighted by atomic mass is 10.1. The zero-order valence-electron chi connectivity index (χ0n) is 10.5. The van der Waals surface area contributed by atoms with Gasteiger partial charge in [-0.25, -0.2) is 0 Å². The van der Waals surface area contributed by atoms with E-state index in [9.17, 15) is 0 Å². The first-order valence-corrected chi connectivity index (χ1v) is 7.56. The SMILES string of the molecule is CNC(C)c1ccc(Br)cc1SCC(C)CO. The second-order valence-electron chi connectivity index (χ2n) is 4.29. The van der Waals surface area contributed by atoms with Crippen molar-refractivity contribution >= 4 is 27.7 Å². The van der Waals surface area contributed by atoms with Crippen molar-refractivity contribution in [2.75, 3.05) is 19.4 Å². The molecule has 1 aromatic rings. The van der Waals surface area contributed by atoms with E-state index in [4.69, 9.17) is 5.11 Å². The van der Waals surface area contributed by atoms with E-state index < -0.39 is 0 Å². The van der Waals surface area contributed by atoms with Crippen molar-refractivity contribution in [2.45, 2.75) is 24.8 Å². The van der Waals surface area contributed by atoms with Gasteiger partial charge in [0.05, 0.1) is 0 Å². The molecule has 96 valence electrons. The van der Waals surface area contributed by atoms with Crippen LogP contribution in [0.3, 0.4) is 0 Å². The highest BCUT2D eigenvalue weighted by Gasteiger charge is 2.11. The van der Waals surface area contributed by atoms with Crippen molar-refractivity contribution < 1.29 is 5.11 Å². The summed E-state index contributed by atoms with van der Waals surface area (Å²) in [6.45, 7) is 4.47. The Morgan fingerprint density at radius 3 is 2.71 bits per heavy atom. The van der Waals surface area contributed by atoms with Gasteiger partial charge in [0.25, 0.3) is 0 Å². The summed E-state index contributed by atoms with van der Waals surface area (Å²) in [6, 6.07) is 6.72. The Morgan fingerprint density at radius 2 is 2.12 bits per heavy atom. The van der Waals surface area contributed by atoms with Crippen molar-refractivity contribution in [2.24, 2.45) is 5.92 Å². The maximum absolute atomic E-state index is 9.06. The van der Waals surface area contributed by atoms with Gasteiger partial charge in [0.15, 0.2) is 0 Å². The van der Waals surface area contributed by atoms with Crippen LogP contribution in [-0.4, -0.2) is 24.5 Å². The van der Waals surface area contributed by atoms with Gasteiger partial charge in [0.1, 0.15) is 0 Å². The van der Waals surface area contributed by atoms with Gasteiger partial charge in [-0.2, -0.15) is 0 Å². The molecule has 0 aromatic heterocycles. The Morgan fingerprint density at radius 1 is 1.41 bits per heavy atom. The van der Waals surface area contributed by atoms with Crippen LogP contribution in [0.2, 0.25) is 0 Å². The molecule has 1 rings (SSSR count). The molecule has 2 unspecified atom stereocenters. The van der Waals surface area contributed by atoms with Crippen LogP contribution in [0.4, 0.5) is 0 Å². The number of aliphatic hydroxyl groups excluding tert-OH is 1. The molecule has 0 radical (unpaired) electrons. The van der Waals surface area contributed by atoms with Gasteiger partial charge in [-0.1, -0.05) is 28.9 Å². The summed E-state index contributed by atoms with van der Waals surface area (Å²) in [6.07, 6.45) is 0. The third-order valence-corrected chi connectivity index (χ3v) is 4.60. The molecule has 0 saturated carbocycles. The zero-order valence-corrected chi connectivity index (χ0v) is 12.9. The van der Waals surface area contributed by atoms with Crippen LogP contribution in [0, 0.1) is 5.92 Å². The molecular weight excluding hydrogens is 298 g/mol. The number of halogens is 1. The average Bonchev–Trinajstić information content (AvgIpc) is 2.35. The maximum atomic E-state index is 9.06. The number of hydrogen-bond donors (Lipinski definition) is 2. The van der Waals surface area contributed by atoms with E-state index in [2.05, 4.69) is 53.3 Å². The normalized spacial score (nSPS) is 14.6. The van der Waals surface area contributed by atoms with E-state index in [1.165, 1.54) is 10.5 Å². The van der Waals surface area contributed by atoms with Crippen LogP contribution in [0.1, 0.15) is 25.5 Å². The molecule has 0 amide bonds. The number of rotatable bonds is 6. The first kappa shape index (κ1) is 15.0. The lowest BCUT2D eigenvalue weighted by Gasteiger charge is -2.17. The van der Waals surface area contributed by atoms with Crippen LogP contribution >= 0.6 is 27.7 Å². The van der Waals surface area contributed by atoms with Crippen LogP contribution in [-0.2, 0) is 0 Å². The Kier molecular flexibility index (Phi) is 6.55. The Hall–Kier alpha value is -0.0300. The predicted molar refractivity (Wildman–Crippen MR) is 78.6 cm³/mol. The second kappa shape index (κ2) is 7.41. The first-order chi connectivity index (χ1) is 8.08. The Bertz CT molecular complexity index is 359. The van der Waals surface area contributed by atoms with Crippen LogP contribution < -0.4 is 5.32 Å². The van der Waals surface area contributed by atoms with E-state index in [1.54, 1.807) is 0 Å². The lowest BCUT2D eigenvalue weighted by molar-refractivity contribution is 0.250. The minimum absolute atomic E-state index is 0.248. The van der Waals surface area contributed by atoms with Crippen LogP contribution in [0.25, 0.3) is 0 Å². The number of hydrogen-bond acceptors (Lipinski definition) is 3. The molecule has 2 nitrogen and oxygen atoms in total. The van der Waals surface area contributed by atoms with Gasteiger partial charge < -0.3 is 10.4 Å². The molecule has 0 saturated heterocycles. The van der Waals surface area contributed by atoms with Crippen molar-refractivity contribution in [3.8, 4) is 0 Å². The van der Waals surface area contributed by atoms with Gasteiger partial charge in [0, 0.05) is 27.8 Å². The fourth-order valence-corrected chi connectivity index (χ4v) is 3.14. The largest absolute Gasteiger partial charge is 0.396 e. The van der Waals surface area contributed by atoms with Crippen molar-refractivity contribution in [3.63, 3.8) is 0 Å². The smallest absolute Gasteiger partial charge is 0.0464 e. The molecule has 0 bridgehead atoms. The summed E-state index contributed by atoms with van der Waals surface area (Å²) >= 11 is 5.32. The van der Waals surface area contributed by atoms with Gasteiger partial charge >= 0.3 is 0 Å². The molecule has 1 aromatic carbocycles. The van der Waals surface area contributed by atoms with E-state index in [1.807, 2.05) is 18.8 Å². The molecule has 0 heterocycles. The zero-order chi connectivity index (χ0) is 12.8.